The number of allylic oxidation sites excluding steroid dienone is 1. The number of aliphatic hydroxyl groups excluding tert-OH is 4. The Hall–Kier alpha value is -1.64. The lowest BCUT2D eigenvalue weighted by Gasteiger charge is -2.39. The lowest BCUT2D eigenvalue weighted by molar-refractivity contribution is -0.229. The number of hydrogen-bond acceptors (Lipinski definition) is 7. The normalized spacial score (nSPS) is 32.3. The third-order valence-electron chi connectivity index (χ3n) is 3.54. The van der Waals surface area contributed by atoms with Gasteiger partial charge in [-0.15, -0.1) is 0 Å². The summed E-state index contributed by atoms with van der Waals surface area (Å²) >= 11 is 0. The average molecular weight is 309 g/mol. The van der Waals surface area contributed by atoms with Gasteiger partial charge in [-0.3, -0.25) is 9.78 Å². The van der Waals surface area contributed by atoms with E-state index in [2.05, 4.69) is 4.98 Å². The second-order valence-electron chi connectivity index (χ2n) is 5.16. The zero-order chi connectivity index (χ0) is 16.1. The van der Waals surface area contributed by atoms with Gasteiger partial charge in [-0.1, -0.05) is 6.07 Å². The first-order valence-electron chi connectivity index (χ1n) is 6.94. The van der Waals surface area contributed by atoms with Crippen molar-refractivity contribution in [3.8, 4) is 0 Å². The molecule has 1 saturated heterocycles. The molecule has 0 unspecified atom stereocenters. The number of aromatic nitrogens is 1. The first kappa shape index (κ1) is 16.7. The molecule has 5 atom stereocenters. The van der Waals surface area contributed by atoms with Crippen molar-refractivity contribution in [1.29, 1.82) is 0 Å². The number of ketones is 1. The standard InChI is InChI=1S/C15H19NO6/c17-8-12-14(20)15(21)13(19)11(22-12)6-10(18)4-3-9-2-1-5-16-7-9/h1-5,7,11-15,17,19-21H,6,8H2/b4-3+/t11-,12+,13-,14+,15+/m0/s1. The molecule has 1 aromatic rings. The number of aliphatic hydroxyl groups is 4. The maximum atomic E-state index is 11.9. The monoisotopic (exact) mass is 309 g/mol. The van der Waals surface area contributed by atoms with Crippen LogP contribution >= 0.6 is 0 Å². The third-order valence-corrected chi connectivity index (χ3v) is 3.54. The van der Waals surface area contributed by atoms with E-state index in [1.54, 1.807) is 30.6 Å². The highest BCUT2D eigenvalue weighted by Gasteiger charge is 2.43. The molecule has 0 bridgehead atoms. The van der Waals surface area contributed by atoms with E-state index in [4.69, 9.17) is 9.84 Å². The van der Waals surface area contributed by atoms with Crippen LogP contribution in [0.3, 0.4) is 0 Å². The fraction of sp³-hybridized carbons (Fsp3) is 0.467. The molecule has 120 valence electrons. The van der Waals surface area contributed by atoms with E-state index in [-0.39, 0.29) is 12.2 Å². The molecule has 1 fully saturated rings. The van der Waals surface area contributed by atoms with E-state index >= 15 is 0 Å². The Balaban J connectivity index is 1.97. The van der Waals surface area contributed by atoms with Crippen LogP contribution in [-0.4, -0.2) is 68.3 Å². The molecule has 0 aromatic carbocycles. The lowest BCUT2D eigenvalue weighted by Crippen LogP contribution is -2.58. The maximum Gasteiger partial charge on any atom is 0.158 e. The predicted molar refractivity (Wildman–Crippen MR) is 76.7 cm³/mol. The van der Waals surface area contributed by atoms with Gasteiger partial charge >= 0.3 is 0 Å². The fourth-order valence-electron chi connectivity index (χ4n) is 2.28. The molecule has 1 aliphatic rings. The number of ether oxygens (including phenoxy) is 1. The van der Waals surface area contributed by atoms with E-state index in [1.165, 1.54) is 6.08 Å². The molecule has 0 aliphatic carbocycles. The summed E-state index contributed by atoms with van der Waals surface area (Å²) in [6, 6.07) is 3.52. The molecule has 0 saturated carbocycles. The molecule has 1 aliphatic heterocycles. The number of hydrogen-bond donors (Lipinski definition) is 4. The van der Waals surface area contributed by atoms with E-state index in [0.717, 1.165) is 5.56 Å². The van der Waals surface area contributed by atoms with Crippen molar-refractivity contribution in [3.05, 3.63) is 36.2 Å². The maximum absolute atomic E-state index is 11.9. The molecule has 2 heterocycles. The van der Waals surface area contributed by atoms with Crippen LogP contribution in [0, 0.1) is 0 Å². The van der Waals surface area contributed by atoms with Crippen molar-refractivity contribution in [2.24, 2.45) is 0 Å². The molecule has 0 spiro atoms. The van der Waals surface area contributed by atoms with Gasteiger partial charge in [0.2, 0.25) is 0 Å². The third kappa shape index (κ3) is 3.96. The van der Waals surface area contributed by atoms with Crippen molar-refractivity contribution >= 4 is 11.9 Å². The Bertz CT molecular complexity index is 518. The minimum absolute atomic E-state index is 0.168. The molecular formula is C15H19NO6. The van der Waals surface area contributed by atoms with E-state index in [0.29, 0.717) is 0 Å². The van der Waals surface area contributed by atoms with Gasteiger partial charge in [0.1, 0.15) is 24.4 Å². The Kier molecular flexibility index (Phi) is 5.76. The van der Waals surface area contributed by atoms with Gasteiger partial charge in [-0.25, -0.2) is 0 Å². The first-order chi connectivity index (χ1) is 10.5. The summed E-state index contributed by atoms with van der Waals surface area (Å²) < 4.78 is 5.28. The van der Waals surface area contributed by atoms with Crippen LogP contribution in [0.2, 0.25) is 0 Å². The molecule has 4 N–H and O–H groups in total. The number of nitrogens with zero attached hydrogens (tertiary/aromatic N) is 1. The van der Waals surface area contributed by atoms with Gasteiger partial charge in [0.25, 0.3) is 0 Å². The first-order valence-corrected chi connectivity index (χ1v) is 6.94. The molecule has 7 nitrogen and oxygen atoms in total. The van der Waals surface area contributed by atoms with Crippen LogP contribution in [0.25, 0.3) is 6.08 Å². The minimum atomic E-state index is -1.47. The summed E-state index contributed by atoms with van der Waals surface area (Å²) in [5.41, 5.74) is 0.754. The predicted octanol–water partition coefficient (Wildman–Crippen LogP) is -1.10. The van der Waals surface area contributed by atoms with Crippen molar-refractivity contribution in [2.45, 2.75) is 36.9 Å². The molecule has 0 amide bonds. The molecule has 2 rings (SSSR count). The summed E-state index contributed by atoms with van der Waals surface area (Å²) in [5, 5.41) is 38.3. The summed E-state index contributed by atoms with van der Waals surface area (Å²) in [6.45, 7) is -0.513. The largest absolute Gasteiger partial charge is 0.394 e. The van der Waals surface area contributed by atoms with Crippen molar-refractivity contribution in [2.75, 3.05) is 6.61 Å². The summed E-state index contributed by atoms with van der Waals surface area (Å²) in [7, 11) is 0. The minimum Gasteiger partial charge on any atom is -0.394 e. The summed E-state index contributed by atoms with van der Waals surface area (Å²) in [4.78, 5) is 15.8. The van der Waals surface area contributed by atoms with E-state index in [1.807, 2.05) is 0 Å². The van der Waals surface area contributed by atoms with E-state index < -0.39 is 37.1 Å². The van der Waals surface area contributed by atoms with Crippen LogP contribution < -0.4 is 0 Å². The summed E-state index contributed by atoms with van der Waals surface area (Å²) in [6.07, 6.45) is -0.308. The van der Waals surface area contributed by atoms with Crippen molar-refractivity contribution < 1.29 is 30.0 Å². The van der Waals surface area contributed by atoms with Crippen LogP contribution in [0.5, 0.6) is 0 Å². The number of pyridine rings is 1. The van der Waals surface area contributed by atoms with Crippen LogP contribution in [0.15, 0.2) is 30.6 Å². The smallest absolute Gasteiger partial charge is 0.158 e. The zero-order valence-electron chi connectivity index (χ0n) is 11.8. The van der Waals surface area contributed by atoms with Gasteiger partial charge in [0, 0.05) is 18.8 Å². The molecule has 1 aromatic heterocycles. The number of carbonyl (C=O) groups excluding carboxylic acids is 1. The van der Waals surface area contributed by atoms with Gasteiger partial charge in [-0.05, 0) is 23.8 Å². The highest BCUT2D eigenvalue weighted by Crippen LogP contribution is 2.23. The number of rotatable bonds is 5. The zero-order valence-corrected chi connectivity index (χ0v) is 11.8. The van der Waals surface area contributed by atoms with Crippen molar-refractivity contribution in [3.63, 3.8) is 0 Å². The second kappa shape index (κ2) is 7.57. The van der Waals surface area contributed by atoms with Crippen LogP contribution in [0.1, 0.15) is 12.0 Å². The SMILES string of the molecule is O=C(/C=C/c1cccnc1)C[C@@H]1O[C@H](CO)[C@@H](O)[C@H](O)[C@H]1O. The fourth-order valence-corrected chi connectivity index (χ4v) is 2.28. The van der Waals surface area contributed by atoms with Crippen LogP contribution in [-0.2, 0) is 9.53 Å². The topological polar surface area (TPSA) is 120 Å². The summed E-state index contributed by atoms with van der Waals surface area (Å²) in [5.74, 6) is -0.312. The lowest BCUT2D eigenvalue weighted by atomic mass is 9.92. The average Bonchev–Trinajstić information content (AvgIpc) is 2.54. The highest BCUT2D eigenvalue weighted by molar-refractivity contribution is 5.93. The van der Waals surface area contributed by atoms with Gasteiger partial charge in [-0.2, -0.15) is 0 Å². The van der Waals surface area contributed by atoms with Gasteiger partial charge in [0.05, 0.1) is 12.7 Å². The Morgan fingerprint density at radius 2 is 1.95 bits per heavy atom. The Morgan fingerprint density at radius 1 is 1.23 bits per heavy atom. The van der Waals surface area contributed by atoms with Crippen LogP contribution in [0.4, 0.5) is 0 Å². The molecule has 0 radical (unpaired) electrons. The van der Waals surface area contributed by atoms with E-state index in [9.17, 15) is 20.1 Å². The molecule has 7 heteroatoms. The van der Waals surface area contributed by atoms with Gasteiger partial charge < -0.3 is 25.2 Å². The quantitative estimate of drug-likeness (QED) is 0.509. The number of carbonyl (C=O) groups is 1. The highest BCUT2D eigenvalue weighted by atomic mass is 16.5. The van der Waals surface area contributed by atoms with Gasteiger partial charge in [0.15, 0.2) is 5.78 Å². The molecule has 22 heavy (non-hydrogen) atoms. The van der Waals surface area contributed by atoms with Crippen molar-refractivity contribution in [1.82, 2.24) is 4.98 Å². The molecular weight excluding hydrogens is 290 g/mol. The Morgan fingerprint density at radius 3 is 2.59 bits per heavy atom. The second-order valence-corrected chi connectivity index (χ2v) is 5.16. The Labute approximate surface area is 127 Å².